The highest BCUT2D eigenvalue weighted by atomic mass is 32.1. The van der Waals surface area contributed by atoms with Crippen molar-refractivity contribution in [3.8, 4) is 0 Å². The van der Waals surface area contributed by atoms with Crippen molar-refractivity contribution in [3.63, 3.8) is 0 Å². The first-order valence-electron chi connectivity index (χ1n) is 2.44. The largest absolute Gasteiger partial charge is 0.476 e. The molecule has 0 radical (unpaired) electrons. The number of carboxylic acid groups (broad SMARTS) is 1. The summed E-state index contributed by atoms with van der Waals surface area (Å²) in [5.74, 6) is -6.14. The molecule has 1 N–H and O–H groups in total. The molecular weight excluding hydrogens is 178 g/mol. The van der Waals surface area contributed by atoms with Gasteiger partial charge in [0.15, 0.2) is 5.69 Å². The molecule has 60 valence electrons. The van der Waals surface area contributed by atoms with Crippen LogP contribution < -0.4 is 0 Å². The molecule has 1 rings (SSSR count). The Labute approximate surface area is 63.6 Å². The van der Waals surface area contributed by atoms with E-state index in [2.05, 4.69) is 9.59 Å². The highest BCUT2D eigenvalue weighted by molar-refractivity contribution is 7.03. The first-order chi connectivity index (χ1) is 5.05. The van der Waals surface area contributed by atoms with Gasteiger partial charge in [-0.15, -0.1) is 5.10 Å². The van der Waals surface area contributed by atoms with Crippen LogP contribution in [0.3, 0.4) is 0 Å². The number of hydrogen-bond donors (Lipinski definition) is 1. The summed E-state index contributed by atoms with van der Waals surface area (Å²) in [6.45, 7) is 0. The van der Waals surface area contributed by atoms with E-state index in [0.29, 0.717) is 11.5 Å². The van der Waals surface area contributed by atoms with E-state index in [1.165, 1.54) is 0 Å². The van der Waals surface area contributed by atoms with Crippen molar-refractivity contribution in [2.45, 2.75) is 5.92 Å². The second kappa shape index (κ2) is 2.50. The molecule has 0 aliphatic rings. The summed E-state index contributed by atoms with van der Waals surface area (Å²) < 4.78 is 28.0. The SMILES string of the molecule is O=C(O)C(F)(F)c1csnn1. The number of halogens is 2. The molecule has 4 nitrogen and oxygen atoms in total. The highest BCUT2D eigenvalue weighted by Crippen LogP contribution is 2.26. The highest BCUT2D eigenvalue weighted by Gasteiger charge is 2.43. The Morgan fingerprint density at radius 2 is 2.36 bits per heavy atom. The van der Waals surface area contributed by atoms with Crippen molar-refractivity contribution in [1.82, 2.24) is 9.59 Å². The van der Waals surface area contributed by atoms with Crippen LogP contribution in [0.2, 0.25) is 0 Å². The van der Waals surface area contributed by atoms with E-state index in [1.54, 1.807) is 0 Å². The molecule has 1 aromatic rings. The fourth-order valence-electron chi connectivity index (χ4n) is 0.411. The third-order valence-corrected chi connectivity index (χ3v) is 1.45. The van der Waals surface area contributed by atoms with Gasteiger partial charge in [-0.25, -0.2) is 4.79 Å². The van der Waals surface area contributed by atoms with Gasteiger partial charge in [-0.2, -0.15) is 8.78 Å². The molecule has 7 heteroatoms. The smallest absolute Gasteiger partial charge is 0.386 e. The van der Waals surface area contributed by atoms with Gasteiger partial charge in [0.25, 0.3) is 0 Å². The van der Waals surface area contributed by atoms with Crippen LogP contribution in [-0.2, 0) is 10.7 Å². The molecule has 0 bridgehead atoms. The van der Waals surface area contributed by atoms with Gasteiger partial charge in [0, 0.05) is 5.38 Å². The Balaban J connectivity index is 3.00. The zero-order valence-corrected chi connectivity index (χ0v) is 5.81. The summed E-state index contributed by atoms with van der Waals surface area (Å²) in [5, 5.41) is 11.8. The van der Waals surface area contributed by atoms with Crippen molar-refractivity contribution in [2.24, 2.45) is 0 Å². The molecule has 1 heterocycles. The average Bonchev–Trinajstić information content (AvgIpc) is 2.37. The van der Waals surface area contributed by atoms with Crippen molar-refractivity contribution in [3.05, 3.63) is 11.1 Å². The molecule has 0 aliphatic carbocycles. The molecule has 1 aromatic heterocycles. The van der Waals surface area contributed by atoms with E-state index < -0.39 is 17.6 Å². The Morgan fingerprint density at radius 3 is 2.73 bits per heavy atom. The summed E-state index contributed by atoms with van der Waals surface area (Å²) in [7, 11) is 0. The summed E-state index contributed by atoms with van der Waals surface area (Å²) in [4.78, 5) is 9.91. The van der Waals surface area contributed by atoms with Crippen LogP contribution in [-0.4, -0.2) is 20.7 Å². The van der Waals surface area contributed by atoms with Gasteiger partial charge in [0.05, 0.1) is 0 Å². The first kappa shape index (κ1) is 7.99. The third-order valence-electron chi connectivity index (χ3n) is 0.950. The Kier molecular flexibility index (Phi) is 1.81. The van der Waals surface area contributed by atoms with Gasteiger partial charge < -0.3 is 5.11 Å². The van der Waals surface area contributed by atoms with Crippen LogP contribution in [0.15, 0.2) is 5.38 Å². The number of carboxylic acids is 1. The lowest BCUT2D eigenvalue weighted by atomic mass is 10.3. The van der Waals surface area contributed by atoms with Gasteiger partial charge >= 0.3 is 11.9 Å². The first-order valence-corrected chi connectivity index (χ1v) is 3.27. The van der Waals surface area contributed by atoms with Gasteiger partial charge in [-0.05, 0) is 11.5 Å². The molecular formula is C4H2F2N2O2S. The molecule has 0 amide bonds. The standard InChI is InChI=1S/C4H2F2N2O2S/c5-4(6,3(9)10)2-1-11-8-7-2/h1H,(H,9,10). The second-order valence-electron chi connectivity index (χ2n) is 1.67. The van der Waals surface area contributed by atoms with Gasteiger partial charge in [-0.1, -0.05) is 4.49 Å². The molecule has 11 heavy (non-hydrogen) atoms. The Hall–Kier alpha value is -1.11. The predicted molar refractivity (Wildman–Crippen MR) is 31.4 cm³/mol. The van der Waals surface area contributed by atoms with Gasteiger partial charge in [0.1, 0.15) is 0 Å². The van der Waals surface area contributed by atoms with Crippen molar-refractivity contribution < 1.29 is 18.7 Å². The molecule has 0 spiro atoms. The lowest BCUT2D eigenvalue weighted by molar-refractivity contribution is -0.166. The molecule has 0 unspecified atom stereocenters. The molecule has 0 fully saturated rings. The molecule has 0 aliphatic heterocycles. The zero-order chi connectivity index (χ0) is 8.48. The van der Waals surface area contributed by atoms with Crippen molar-refractivity contribution in [1.29, 1.82) is 0 Å². The van der Waals surface area contributed by atoms with Crippen LogP contribution in [0.25, 0.3) is 0 Å². The number of aromatic nitrogens is 2. The van der Waals surface area contributed by atoms with E-state index in [4.69, 9.17) is 5.11 Å². The second-order valence-corrected chi connectivity index (χ2v) is 2.28. The van der Waals surface area contributed by atoms with Crippen LogP contribution >= 0.6 is 11.5 Å². The monoisotopic (exact) mass is 180 g/mol. The fraction of sp³-hybridized carbons (Fsp3) is 0.250. The third kappa shape index (κ3) is 1.32. The van der Waals surface area contributed by atoms with Crippen LogP contribution in [0.4, 0.5) is 8.78 Å². The number of rotatable bonds is 2. The summed E-state index contributed by atoms with van der Waals surface area (Å²) in [6.07, 6.45) is 0. The van der Waals surface area contributed by atoms with E-state index >= 15 is 0 Å². The quantitative estimate of drug-likeness (QED) is 0.728. The van der Waals surface area contributed by atoms with E-state index in [0.717, 1.165) is 5.38 Å². The minimum absolute atomic E-state index is 0.679. The van der Waals surface area contributed by atoms with E-state index in [-0.39, 0.29) is 0 Å². The number of carbonyl (C=O) groups is 1. The maximum absolute atomic E-state index is 12.4. The van der Waals surface area contributed by atoms with Crippen molar-refractivity contribution in [2.75, 3.05) is 0 Å². The van der Waals surface area contributed by atoms with E-state index in [1.807, 2.05) is 0 Å². The maximum Gasteiger partial charge on any atom is 0.386 e. The average molecular weight is 180 g/mol. The Morgan fingerprint density at radius 1 is 1.73 bits per heavy atom. The van der Waals surface area contributed by atoms with Crippen LogP contribution in [0.5, 0.6) is 0 Å². The topological polar surface area (TPSA) is 63.1 Å². The fourth-order valence-corrected chi connectivity index (χ4v) is 0.888. The number of alkyl halides is 2. The minimum Gasteiger partial charge on any atom is -0.476 e. The maximum atomic E-state index is 12.4. The normalized spacial score (nSPS) is 11.5. The number of aliphatic carboxylic acids is 1. The van der Waals surface area contributed by atoms with Gasteiger partial charge in [-0.3, -0.25) is 0 Å². The van der Waals surface area contributed by atoms with Crippen LogP contribution in [0.1, 0.15) is 5.69 Å². The molecule has 0 saturated heterocycles. The zero-order valence-electron chi connectivity index (χ0n) is 4.99. The predicted octanol–water partition coefficient (Wildman–Crippen LogP) is 0.715. The number of nitrogens with zero attached hydrogens (tertiary/aromatic N) is 2. The lowest BCUT2D eigenvalue weighted by Crippen LogP contribution is -2.25. The summed E-state index contributed by atoms with van der Waals surface area (Å²) in [6, 6.07) is 0. The summed E-state index contributed by atoms with van der Waals surface area (Å²) >= 11 is 0.679. The Bertz CT molecular complexity index is 261. The minimum atomic E-state index is -3.92. The summed E-state index contributed by atoms with van der Waals surface area (Å²) in [5.41, 5.74) is -0.824. The van der Waals surface area contributed by atoms with Crippen LogP contribution in [0, 0.1) is 0 Å². The molecule has 0 atom stereocenters. The van der Waals surface area contributed by atoms with E-state index in [9.17, 15) is 13.6 Å². The number of hydrogen-bond acceptors (Lipinski definition) is 4. The van der Waals surface area contributed by atoms with Crippen molar-refractivity contribution >= 4 is 17.5 Å². The van der Waals surface area contributed by atoms with Gasteiger partial charge in [0.2, 0.25) is 0 Å². The molecule has 0 saturated carbocycles. The molecule has 0 aromatic carbocycles. The lowest BCUT2D eigenvalue weighted by Gasteiger charge is -2.04.